The van der Waals surface area contributed by atoms with Gasteiger partial charge in [-0.3, -0.25) is 9.59 Å². The maximum absolute atomic E-state index is 11.9. The van der Waals surface area contributed by atoms with Gasteiger partial charge in [0.05, 0.1) is 0 Å². The number of rotatable bonds is 6. The van der Waals surface area contributed by atoms with E-state index in [0.717, 1.165) is 0 Å². The largest absolute Gasteiger partial charge is 0.294 e. The Labute approximate surface area is 133 Å². The van der Waals surface area contributed by atoms with Gasteiger partial charge in [0.25, 0.3) is 0 Å². The molecule has 0 bridgehead atoms. The van der Waals surface area contributed by atoms with E-state index in [1.807, 2.05) is 0 Å². The molecule has 0 aliphatic heterocycles. The molecule has 0 N–H and O–H groups in total. The van der Waals surface area contributed by atoms with Crippen LogP contribution in [0.1, 0.15) is 40.0 Å². The van der Waals surface area contributed by atoms with Crippen LogP contribution >= 0.6 is 23.2 Å². The first-order chi connectivity index (χ1) is 10.1. The molecule has 0 radical (unpaired) electrons. The molecule has 0 amide bonds. The first kappa shape index (κ1) is 15.7. The summed E-state index contributed by atoms with van der Waals surface area (Å²) < 4.78 is 0. The van der Waals surface area contributed by atoms with E-state index >= 15 is 0 Å². The standard InChI is InChI=1S/C17H14Cl2O2/c18-14-8-4-12(5-9-14)16(20)2-1-3-17(21)13-6-10-15(19)11-7-13/h4-11H,1-3H2. The monoisotopic (exact) mass is 320 g/mol. The minimum atomic E-state index is 0.0237. The molecular weight excluding hydrogens is 307 g/mol. The number of ketones is 2. The smallest absolute Gasteiger partial charge is 0.162 e. The summed E-state index contributed by atoms with van der Waals surface area (Å²) in [5.74, 6) is 0.0474. The predicted octanol–water partition coefficient (Wildman–Crippen LogP) is 5.23. The highest BCUT2D eigenvalue weighted by molar-refractivity contribution is 6.31. The SMILES string of the molecule is O=C(CCCC(=O)c1ccc(Cl)cc1)c1ccc(Cl)cc1. The summed E-state index contributed by atoms with van der Waals surface area (Å²) in [4.78, 5) is 23.9. The highest BCUT2D eigenvalue weighted by atomic mass is 35.5. The lowest BCUT2D eigenvalue weighted by atomic mass is 10.0. The molecule has 2 nitrogen and oxygen atoms in total. The van der Waals surface area contributed by atoms with Crippen molar-refractivity contribution in [1.82, 2.24) is 0 Å². The molecular formula is C17H14Cl2O2. The van der Waals surface area contributed by atoms with Gasteiger partial charge in [-0.05, 0) is 55.0 Å². The van der Waals surface area contributed by atoms with Gasteiger partial charge in [0.2, 0.25) is 0 Å². The molecule has 2 aromatic carbocycles. The van der Waals surface area contributed by atoms with Crippen LogP contribution in [0, 0.1) is 0 Å². The minimum absolute atomic E-state index is 0.0237. The number of benzene rings is 2. The molecule has 2 rings (SSSR count). The Hall–Kier alpha value is -1.64. The summed E-state index contributed by atoms with van der Waals surface area (Å²) in [6, 6.07) is 13.6. The molecule has 0 spiro atoms. The van der Waals surface area contributed by atoms with Crippen molar-refractivity contribution in [1.29, 1.82) is 0 Å². The van der Waals surface area contributed by atoms with E-state index < -0.39 is 0 Å². The molecule has 2 aromatic rings. The summed E-state index contributed by atoms with van der Waals surface area (Å²) in [5, 5.41) is 1.20. The van der Waals surface area contributed by atoms with Crippen molar-refractivity contribution >= 4 is 34.8 Å². The zero-order chi connectivity index (χ0) is 15.2. The van der Waals surface area contributed by atoms with Crippen molar-refractivity contribution in [2.75, 3.05) is 0 Å². The molecule has 0 fully saturated rings. The van der Waals surface area contributed by atoms with Gasteiger partial charge in [-0.15, -0.1) is 0 Å². The zero-order valence-electron chi connectivity index (χ0n) is 11.3. The second-order valence-electron chi connectivity index (χ2n) is 4.71. The zero-order valence-corrected chi connectivity index (χ0v) is 12.8. The molecule has 21 heavy (non-hydrogen) atoms. The molecule has 0 atom stereocenters. The van der Waals surface area contributed by atoms with Gasteiger partial charge in [-0.1, -0.05) is 23.2 Å². The van der Waals surface area contributed by atoms with Gasteiger partial charge in [-0.25, -0.2) is 0 Å². The van der Waals surface area contributed by atoms with Crippen LogP contribution in [0.3, 0.4) is 0 Å². The molecule has 4 heteroatoms. The number of Topliss-reactive ketones (excluding diaryl/α,β-unsaturated/α-hetero) is 2. The Morgan fingerprint density at radius 2 is 1.00 bits per heavy atom. The van der Waals surface area contributed by atoms with E-state index in [0.29, 0.717) is 40.4 Å². The van der Waals surface area contributed by atoms with Crippen molar-refractivity contribution < 1.29 is 9.59 Å². The second kappa shape index (κ2) is 7.39. The van der Waals surface area contributed by atoms with Gasteiger partial charge < -0.3 is 0 Å². The van der Waals surface area contributed by atoms with Crippen molar-refractivity contribution in [3.05, 3.63) is 69.7 Å². The Bertz CT molecular complexity index is 573. The van der Waals surface area contributed by atoms with Gasteiger partial charge in [0, 0.05) is 34.0 Å². The lowest BCUT2D eigenvalue weighted by Crippen LogP contribution is -2.03. The number of carbonyl (C=O) groups is 2. The molecule has 0 heterocycles. The first-order valence-corrected chi connectivity index (χ1v) is 7.39. The topological polar surface area (TPSA) is 34.1 Å². The molecule has 0 saturated heterocycles. The lowest BCUT2D eigenvalue weighted by molar-refractivity contribution is 0.0957. The van der Waals surface area contributed by atoms with Crippen molar-refractivity contribution in [3.8, 4) is 0 Å². The van der Waals surface area contributed by atoms with Crippen molar-refractivity contribution in [2.24, 2.45) is 0 Å². The Morgan fingerprint density at radius 3 is 1.33 bits per heavy atom. The maximum Gasteiger partial charge on any atom is 0.162 e. The minimum Gasteiger partial charge on any atom is -0.294 e. The Balaban J connectivity index is 1.83. The molecule has 0 aromatic heterocycles. The normalized spacial score (nSPS) is 10.4. The van der Waals surface area contributed by atoms with Crippen LogP contribution in [0.2, 0.25) is 10.0 Å². The van der Waals surface area contributed by atoms with Crippen molar-refractivity contribution in [2.45, 2.75) is 19.3 Å². The summed E-state index contributed by atoms with van der Waals surface area (Å²) >= 11 is 11.6. The third-order valence-corrected chi connectivity index (χ3v) is 3.64. The van der Waals surface area contributed by atoms with Crippen LogP contribution in [0.5, 0.6) is 0 Å². The fourth-order valence-corrected chi connectivity index (χ4v) is 2.22. The van der Waals surface area contributed by atoms with Crippen LogP contribution in [-0.2, 0) is 0 Å². The molecule has 0 saturated carbocycles. The Morgan fingerprint density at radius 1 is 0.667 bits per heavy atom. The van der Waals surface area contributed by atoms with E-state index in [2.05, 4.69) is 0 Å². The van der Waals surface area contributed by atoms with Gasteiger partial charge in [0.1, 0.15) is 0 Å². The van der Waals surface area contributed by atoms with E-state index in [4.69, 9.17) is 23.2 Å². The van der Waals surface area contributed by atoms with Crippen LogP contribution < -0.4 is 0 Å². The fraction of sp³-hybridized carbons (Fsp3) is 0.176. The number of hydrogen-bond acceptors (Lipinski definition) is 2. The van der Waals surface area contributed by atoms with Crippen LogP contribution in [-0.4, -0.2) is 11.6 Å². The maximum atomic E-state index is 11.9. The number of halogens is 2. The van der Waals surface area contributed by atoms with Gasteiger partial charge in [-0.2, -0.15) is 0 Å². The van der Waals surface area contributed by atoms with Crippen LogP contribution in [0.15, 0.2) is 48.5 Å². The highest BCUT2D eigenvalue weighted by Gasteiger charge is 2.09. The van der Waals surface area contributed by atoms with E-state index in [1.165, 1.54) is 0 Å². The summed E-state index contributed by atoms with van der Waals surface area (Å²) in [6.45, 7) is 0. The van der Waals surface area contributed by atoms with Crippen molar-refractivity contribution in [3.63, 3.8) is 0 Å². The van der Waals surface area contributed by atoms with Crippen LogP contribution in [0.25, 0.3) is 0 Å². The first-order valence-electron chi connectivity index (χ1n) is 6.64. The highest BCUT2D eigenvalue weighted by Crippen LogP contribution is 2.15. The van der Waals surface area contributed by atoms with Crippen LogP contribution in [0.4, 0.5) is 0 Å². The molecule has 0 aliphatic rings. The average molecular weight is 321 g/mol. The van der Waals surface area contributed by atoms with E-state index in [1.54, 1.807) is 48.5 Å². The summed E-state index contributed by atoms with van der Waals surface area (Å²) in [5.41, 5.74) is 1.25. The number of carbonyl (C=O) groups excluding carboxylic acids is 2. The third kappa shape index (κ3) is 4.69. The molecule has 0 aliphatic carbocycles. The Kier molecular flexibility index (Phi) is 5.54. The van der Waals surface area contributed by atoms with Gasteiger partial charge >= 0.3 is 0 Å². The predicted molar refractivity (Wildman–Crippen MR) is 85.4 cm³/mol. The van der Waals surface area contributed by atoms with E-state index in [9.17, 15) is 9.59 Å². The molecule has 108 valence electrons. The summed E-state index contributed by atoms with van der Waals surface area (Å²) in [7, 11) is 0. The van der Waals surface area contributed by atoms with Gasteiger partial charge in [0.15, 0.2) is 11.6 Å². The average Bonchev–Trinajstić information content (AvgIpc) is 2.48. The lowest BCUT2D eigenvalue weighted by Gasteiger charge is -2.02. The molecule has 0 unspecified atom stereocenters. The second-order valence-corrected chi connectivity index (χ2v) is 5.59. The third-order valence-electron chi connectivity index (χ3n) is 3.14. The quantitative estimate of drug-likeness (QED) is 0.683. The number of hydrogen-bond donors (Lipinski definition) is 0. The van der Waals surface area contributed by atoms with E-state index in [-0.39, 0.29) is 11.6 Å². The fourth-order valence-electron chi connectivity index (χ4n) is 1.97. The summed E-state index contributed by atoms with van der Waals surface area (Å²) in [6.07, 6.45) is 1.23.